The summed E-state index contributed by atoms with van der Waals surface area (Å²) in [5, 5.41) is 8.21. The molecule has 2 aromatic heterocycles. The van der Waals surface area contributed by atoms with Gasteiger partial charge in [-0.2, -0.15) is 4.68 Å². The molecule has 0 aliphatic carbocycles. The van der Waals surface area contributed by atoms with E-state index in [9.17, 15) is 9.18 Å². The van der Waals surface area contributed by atoms with Gasteiger partial charge in [0.05, 0.1) is 12.8 Å². The number of thioether (sulfide) groups is 1. The highest BCUT2D eigenvalue weighted by Gasteiger charge is 2.20. The summed E-state index contributed by atoms with van der Waals surface area (Å²) in [5.41, 5.74) is 1.58. The molecular weight excluding hydrogens is 321 g/mol. The minimum absolute atomic E-state index is 0.337. The van der Waals surface area contributed by atoms with Gasteiger partial charge >= 0.3 is 5.97 Å². The first kappa shape index (κ1) is 15.3. The zero-order valence-corrected chi connectivity index (χ0v) is 13.1. The molecule has 0 N–H and O–H groups in total. The Balaban J connectivity index is 2.00. The molecule has 2 heterocycles. The van der Waals surface area contributed by atoms with Crippen molar-refractivity contribution in [2.45, 2.75) is 17.2 Å². The molecule has 1 aromatic carbocycles. The van der Waals surface area contributed by atoms with Gasteiger partial charge in [-0.25, -0.2) is 14.4 Å². The van der Waals surface area contributed by atoms with Gasteiger partial charge in [-0.05, 0) is 31.2 Å². The van der Waals surface area contributed by atoms with Crippen LogP contribution in [0, 0.1) is 5.82 Å². The number of esters is 1. The lowest BCUT2D eigenvalue weighted by Crippen LogP contribution is -2.14. The van der Waals surface area contributed by atoms with Gasteiger partial charge in [0.25, 0.3) is 0 Å². The molecule has 118 valence electrons. The fourth-order valence-electron chi connectivity index (χ4n) is 1.95. The molecule has 0 unspecified atom stereocenters. The summed E-state index contributed by atoms with van der Waals surface area (Å²) in [5.74, 6) is -0.691. The Hall–Kier alpha value is -2.55. The van der Waals surface area contributed by atoms with Gasteiger partial charge in [0, 0.05) is 0 Å². The van der Waals surface area contributed by atoms with Crippen LogP contribution in [-0.2, 0) is 9.53 Å². The Morgan fingerprint density at radius 1 is 1.30 bits per heavy atom. The van der Waals surface area contributed by atoms with Crippen LogP contribution in [0.2, 0.25) is 0 Å². The predicted octanol–water partition coefficient (Wildman–Crippen LogP) is 2.00. The van der Waals surface area contributed by atoms with E-state index in [0.29, 0.717) is 21.9 Å². The molecule has 0 amide bonds. The predicted molar refractivity (Wildman–Crippen MR) is 81.7 cm³/mol. The van der Waals surface area contributed by atoms with Crippen molar-refractivity contribution in [2.24, 2.45) is 0 Å². The quantitative estimate of drug-likeness (QED) is 0.410. The maximum Gasteiger partial charge on any atom is 0.318 e. The van der Waals surface area contributed by atoms with Crippen LogP contribution in [0.15, 0.2) is 35.6 Å². The number of benzene rings is 1. The summed E-state index contributed by atoms with van der Waals surface area (Å²) in [6.45, 7) is 1.72. The molecule has 0 radical (unpaired) electrons. The van der Waals surface area contributed by atoms with Gasteiger partial charge in [0.2, 0.25) is 0 Å². The molecule has 23 heavy (non-hydrogen) atoms. The standard InChI is InChI=1S/C14H12FN5O2S/c1-8(14(21)22-2)23-13-11-12(16-7-17-13)20(19-18-11)10-5-3-9(15)4-6-10/h3-8H,1-2H3/t8-/m1/s1. The number of fused-ring (bicyclic) bond motifs is 1. The fourth-order valence-corrected chi connectivity index (χ4v) is 2.83. The van der Waals surface area contributed by atoms with Crippen molar-refractivity contribution in [1.29, 1.82) is 0 Å². The van der Waals surface area contributed by atoms with Crippen molar-refractivity contribution in [2.75, 3.05) is 7.11 Å². The van der Waals surface area contributed by atoms with Crippen molar-refractivity contribution in [3.8, 4) is 5.69 Å². The molecular formula is C14H12FN5O2S. The summed E-state index contributed by atoms with van der Waals surface area (Å²) in [6, 6.07) is 5.82. The Morgan fingerprint density at radius 2 is 2.04 bits per heavy atom. The molecule has 3 rings (SSSR count). The van der Waals surface area contributed by atoms with Crippen molar-refractivity contribution in [3.63, 3.8) is 0 Å². The fraction of sp³-hybridized carbons (Fsp3) is 0.214. The van der Waals surface area contributed by atoms with E-state index in [0.717, 1.165) is 0 Å². The van der Waals surface area contributed by atoms with Crippen LogP contribution in [0.5, 0.6) is 0 Å². The number of aromatic nitrogens is 5. The molecule has 7 nitrogen and oxygen atoms in total. The van der Waals surface area contributed by atoms with E-state index in [1.807, 2.05) is 0 Å². The van der Waals surface area contributed by atoms with Gasteiger partial charge in [-0.3, -0.25) is 4.79 Å². The number of halogens is 1. The minimum atomic E-state index is -0.436. The largest absolute Gasteiger partial charge is 0.468 e. The Morgan fingerprint density at radius 3 is 2.74 bits per heavy atom. The third-order valence-electron chi connectivity index (χ3n) is 3.10. The Labute approximate surface area is 134 Å². The monoisotopic (exact) mass is 333 g/mol. The third-order valence-corrected chi connectivity index (χ3v) is 4.16. The van der Waals surface area contributed by atoms with E-state index in [-0.39, 0.29) is 11.8 Å². The summed E-state index contributed by atoms with van der Waals surface area (Å²) >= 11 is 1.22. The maximum absolute atomic E-state index is 13.0. The third kappa shape index (κ3) is 3.00. The first-order valence-corrected chi connectivity index (χ1v) is 7.55. The van der Waals surface area contributed by atoms with E-state index in [2.05, 4.69) is 20.3 Å². The van der Waals surface area contributed by atoms with Crippen LogP contribution in [0.3, 0.4) is 0 Å². The van der Waals surface area contributed by atoms with Crippen molar-refractivity contribution < 1.29 is 13.9 Å². The lowest BCUT2D eigenvalue weighted by molar-refractivity contribution is -0.139. The summed E-state index contributed by atoms with van der Waals surface area (Å²) in [6.07, 6.45) is 1.37. The average Bonchev–Trinajstić information content (AvgIpc) is 3.00. The average molecular weight is 333 g/mol. The second kappa shape index (κ2) is 6.29. The highest BCUT2D eigenvalue weighted by Crippen LogP contribution is 2.27. The second-order valence-corrected chi connectivity index (χ2v) is 5.94. The number of carbonyl (C=O) groups excluding carboxylic acids is 1. The topological polar surface area (TPSA) is 82.8 Å². The number of methoxy groups -OCH3 is 1. The van der Waals surface area contributed by atoms with Gasteiger partial charge < -0.3 is 4.74 Å². The van der Waals surface area contributed by atoms with Crippen LogP contribution >= 0.6 is 11.8 Å². The smallest absolute Gasteiger partial charge is 0.318 e. The second-order valence-electron chi connectivity index (χ2n) is 4.61. The number of ether oxygens (including phenoxy) is 1. The lowest BCUT2D eigenvalue weighted by atomic mass is 10.3. The highest BCUT2D eigenvalue weighted by atomic mass is 32.2. The molecule has 0 spiro atoms. The molecule has 0 bridgehead atoms. The molecule has 1 atom stereocenters. The Kier molecular flexibility index (Phi) is 4.20. The van der Waals surface area contributed by atoms with Crippen molar-refractivity contribution in [1.82, 2.24) is 25.0 Å². The first-order chi connectivity index (χ1) is 11.1. The molecule has 0 fully saturated rings. The minimum Gasteiger partial charge on any atom is -0.468 e. The van der Waals surface area contributed by atoms with Gasteiger partial charge in [0.1, 0.15) is 22.4 Å². The van der Waals surface area contributed by atoms with Crippen molar-refractivity contribution >= 4 is 28.9 Å². The van der Waals surface area contributed by atoms with Crippen LogP contribution in [-0.4, -0.2) is 43.3 Å². The highest BCUT2D eigenvalue weighted by molar-refractivity contribution is 8.00. The van der Waals surface area contributed by atoms with E-state index in [1.54, 1.807) is 19.1 Å². The zero-order valence-electron chi connectivity index (χ0n) is 12.3. The zero-order chi connectivity index (χ0) is 16.4. The number of carbonyl (C=O) groups is 1. The molecule has 0 saturated carbocycles. The maximum atomic E-state index is 13.0. The number of nitrogens with zero attached hydrogens (tertiary/aromatic N) is 5. The van der Waals surface area contributed by atoms with E-state index >= 15 is 0 Å². The van der Waals surface area contributed by atoms with E-state index < -0.39 is 5.25 Å². The van der Waals surface area contributed by atoms with E-state index in [4.69, 9.17) is 4.74 Å². The molecule has 0 saturated heterocycles. The van der Waals surface area contributed by atoms with Gasteiger partial charge in [0.15, 0.2) is 11.2 Å². The van der Waals surface area contributed by atoms with Crippen LogP contribution in [0.1, 0.15) is 6.92 Å². The lowest BCUT2D eigenvalue weighted by Gasteiger charge is -2.07. The molecule has 3 aromatic rings. The SMILES string of the molecule is COC(=O)[C@@H](C)Sc1ncnc2c1nnn2-c1ccc(F)cc1. The summed E-state index contributed by atoms with van der Waals surface area (Å²) in [4.78, 5) is 19.9. The number of rotatable bonds is 4. The van der Waals surface area contributed by atoms with Gasteiger partial charge in [-0.1, -0.05) is 17.0 Å². The van der Waals surface area contributed by atoms with E-state index in [1.165, 1.54) is 42.0 Å². The van der Waals surface area contributed by atoms with Crippen LogP contribution in [0.25, 0.3) is 16.9 Å². The first-order valence-electron chi connectivity index (χ1n) is 6.67. The van der Waals surface area contributed by atoms with Gasteiger partial charge in [-0.15, -0.1) is 5.10 Å². The Bertz CT molecular complexity index is 852. The molecule has 9 heteroatoms. The number of hydrogen-bond donors (Lipinski definition) is 0. The summed E-state index contributed by atoms with van der Waals surface area (Å²) < 4.78 is 19.2. The van der Waals surface area contributed by atoms with Crippen LogP contribution < -0.4 is 0 Å². The molecule has 0 aliphatic rings. The summed E-state index contributed by atoms with van der Waals surface area (Å²) in [7, 11) is 1.33. The number of hydrogen-bond acceptors (Lipinski definition) is 7. The normalized spacial score (nSPS) is 12.3. The van der Waals surface area contributed by atoms with Crippen LogP contribution in [0.4, 0.5) is 4.39 Å². The van der Waals surface area contributed by atoms with Crippen molar-refractivity contribution in [3.05, 3.63) is 36.4 Å². The molecule has 0 aliphatic heterocycles.